The SMILES string of the molecule is NC1CCCCC1Nc1cccc2nccn12. The fourth-order valence-corrected chi connectivity index (χ4v) is 2.59. The van der Waals surface area contributed by atoms with E-state index in [0.29, 0.717) is 6.04 Å². The first-order valence-electron chi connectivity index (χ1n) is 6.29. The summed E-state index contributed by atoms with van der Waals surface area (Å²) in [5, 5.41) is 3.56. The lowest BCUT2D eigenvalue weighted by atomic mass is 9.91. The molecule has 17 heavy (non-hydrogen) atoms. The smallest absolute Gasteiger partial charge is 0.138 e. The van der Waals surface area contributed by atoms with E-state index in [-0.39, 0.29) is 6.04 Å². The highest BCUT2D eigenvalue weighted by Crippen LogP contribution is 2.21. The van der Waals surface area contributed by atoms with Gasteiger partial charge < -0.3 is 11.1 Å². The zero-order valence-corrected chi connectivity index (χ0v) is 9.84. The molecule has 2 atom stereocenters. The number of hydrogen-bond donors (Lipinski definition) is 2. The van der Waals surface area contributed by atoms with Gasteiger partial charge in [0.15, 0.2) is 0 Å². The van der Waals surface area contributed by atoms with Gasteiger partial charge in [0.05, 0.1) is 0 Å². The van der Waals surface area contributed by atoms with Gasteiger partial charge in [-0.15, -0.1) is 0 Å². The first kappa shape index (κ1) is 10.6. The minimum atomic E-state index is 0.266. The molecule has 3 rings (SSSR count). The van der Waals surface area contributed by atoms with Crippen LogP contribution in [-0.2, 0) is 0 Å². The van der Waals surface area contributed by atoms with Crippen LogP contribution in [0.3, 0.4) is 0 Å². The van der Waals surface area contributed by atoms with E-state index in [2.05, 4.69) is 20.8 Å². The minimum absolute atomic E-state index is 0.266. The van der Waals surface area contributed by atoms with Crippen molar-refractivity contribution in [3.63, 3.8) is 0 Å². The van der Waals surface area contributed by atoms with Crippen molar-refractivity contribution in [3.05, 3.63) is 30.6 Å². The van der Waals surface area contributed by atoms with Gasteiger partial charge in [-0.2, -0.15) is 0 Å². The molecule has 1 saturated carbocycles. The number of nitrogens with two attached hydrogens (primary N) is 1. The number of hydrogen-bond acceptors (Lipinski definition) is 3. The number of anilines is 1. The monoisotopic (exact) mass is 230 g/mol. The molecule has 3 N–H and O–H groups in total. The van der Waals surface area contributed by atoms with Gasteiger partial charge in [-0.05, 0) is 25.0 Å². The van der Waals surface area contributed by atoms with Crippen LogP contribution in [0.25, 0.3) is 5.65 Å². The van der Waals surface area contributed by atoms with Crippen molar-refractivity contribution in [2.45, 2.75) is 37.8 Å². The molecule has 2 unspecified atom stereocenters. The standard InChI is InChI=1S/C13H18N4/c14-10-4-1-2-5-11(10)16-13-7-3-6-12-15-8-9-17(12)13/h3,6-11,16H,1-2,4-5,14H2. The van der Waals surface area contributed by atoms with Crippen LogP contribution < -0.4 is 11.1 Å². The molecule has 2 aromatic rings. The molecule has 0 amide bonds. The number of pyridine rings is 1. The van der Waals surface area contributed by atoms with Gasteiger partial charge in [0.1, 0.15) is 11.5 Å². The van der Waals surface area contributed by atoms with Gasteiger partial charge in [-0.25, -0.2) is 4.98 Å². The van der Waals surface area contributed by atoms with Crippen LogP contribution in [0.4, 0.5) is 5.82 Å². The van der Waals surface area contributed by atoms with Crippen LogP contribution in [0.2, 0.25) is 0 Å². The van der Waals surface area contributed by atoms with Crippen molar-refractivity contribution in [2.24, 2.45) is 5.73 Å². The van der Waals surface area contributed by atoms with Gasteiger partial charge in [-0.3, -0.25) is 4.40 Å². The van der Waals surface area contributed by atoms with Gasteiger partial charge in [-0.1, -0.05) is 18.9 Å². The van der Waals surface area contributed by atoms with Gasteiger partial charge in [0.25, 0.3) is 0 Å². The second-order valence-corrected chi connectivity index (χ2v) is 4.77. The Bertz CT molecular complexity index is 505. The normalized spacial score (nSPS) is 25.0. The predicted molar refractivity (Wildman–Crippen MR) is 69.0 cm³/mol. The summed E-state index contributed by atoms with van der Waals surface area (Å²) in [6, 6.07) is 6.76. The highest BCUT2D eigenvalue weighted by molar-refractivity contribution is 5.50. The molecule has 90 valence electrons. The number of nitrogens with one attached hydrogen (secondary N) is 1. The predicted octanol–water partition coefficient (Wildman–Crippen LogP) is 2.02. The Morgan fingerprint density at radius 1 is 1.29 bits per heavy atom. The Labute approximate surface area is 101 Å². The molecule has 4 heteroatoms. The average molecular weight is 230 g/mol. The highest BCUT2D eigenvalue weighted by Gasteiger charge is 2.21. The summed E-state index contributed by atoms with van der Waals surface area (Å²) >= 11 is 0. The molecule has 1 fully saturated rings. The van der Waals surface area contributed by atoms with E-state index in [4.69, 9.17) is 5.73 Å². The largest absolute Gasteiger partial charge is 0.367 e. The number of aromatic nitrogens is 2. The Balaban J connectivity index is 1.86. The van der Waals surface area contributed by atoms with E-state index in [1.165, 1.54) is 12.8 Å². The highest BCUT2D eigenvalue weighted by atomic mass is 15.1. The third-order valence-corrected chi connectivity index (χ3v) is 3.58. The van der Waals surface area contributed by atoms with Crippen LogP contribution in [0, 0.1) is 0 Å². The van der Waals surface area contributed by atoms with Crippen molar-refractivity contribution in [1.29, 1.82) is 0 Å². The average Bonchev–Trinajstić information content (AvgIpc) is 2.81. The van der Waals surface area contributed by atoms with Gasteiger partial charge in [0, 0.05) is 24.5 Å². The molecule has 1 aliphatic carbocycles. The molecule has 1 aliphatic rings. The van der Waals surface area contributed by atoms with Crippen molar-refractivity contribution in [1.82, 2.24) is 9.38 Å². The summed E-state index contributed by atoms with van der Waals surface area (Å²) in [6.07, 6.45) is 8.61. The molecule has 0 radical (unpaired) electrons. The van der Waals surface area contributed by atoms with E-state index in [1.54, 1.807) is 0 Å². The lowest BCUT2D eigenvalue weighted by Gasteiger charge is -2.30. The molecule has 0 aliphatic heterocycles. The first-order valence-corrected chi connectivity index (χ1v) is 6.29. The minimum Gasteiger partial charge on any atom is -0.367 e. The van der Waals surface area contributed by atoms with Crippen LogP contribution in [0.15, 0.2) is 30.6 Å². The molecule has 0 saturated heterocycles. The first-order chi connectivity index (χ1) is 8.34. The second kappa shape index (κ2) is 4.37. The van der Waals surface area contributed by atoms with Crippen molar-refractivity contribution in [2.75, 3.05) is 5.32 Å². The van der Waals surface area contributed by atoms with Crippen LogP contribution in [0.5, 0.6) is 0 Å². The second-order valence-electron chi connectivity index (χ2n) is 4.77. The van der Waals surface area contributed by atoms with Crippen molar-refractivity contribution < 1.29 is 0 Å². The summed E-state index contributed by atoms with van der Waals surface area (Å²) in [5.74, 6) is 1.09. The Hall–Kier alpha value is -1.55. The number of imidazole rings is 1. The van der Waals surface area contributed by atoms with Crippen LogP contribution >= 0.6 is 0 Å². The summed E-state index contributed by atoms with van der Waals surface area (Å²) in [7, 11) is 0. The zero-order valence-electron chi connectivity index (χ0n) is 9.84. The molecule has 4 nitrogen and oxygen atoms in total. The Morgan fingerprint density at radius 3 is 3.06 bits per heavy atom. The molecule has 2 aromatic heterocycles. The van der Waals surface area contributed by atoms with Crippen molar-refractivity contribution in [3.8, 4) is 0 Å². The fraction of sp³-hybridized carbons (Fsp3) is 0.462. The van der Waals surface area contributed by atoms with E-state index >= 15 is 0 Å². The maximum absolute atomic E-state index is 6.16. The number of rotatable bonds is 2. The molecule has 0 spiro atoms. The van der Waals surface area contributed by atoms with E-state index in [1.807, 2.05) is 24.5 Å². The molecule has 2 heterocycles. The zero-order chi connectivity index (χ0) is 11.7. The van der Waals surface area contributed by atoms with E-state index in [9.17, 15) is 0 Å². The fourth-order valence-electron chi connectivity index (χ4n) is 2.59. The number of fused-ring (bicyclic) bond motifs is 1. The summed E-state index contributed by atoms with van der Waals surface area (Å²) in [6.45, 7) is 0. The third-order valence-electron chi connectivity index (χ3n) is 3.58. The van der Waals surface area contributed by atoms with Crippen molar-refractivity contribution >= 4 is 11.5 Å². The molecule has 0 bridgehead atoms. The molecule has 0 aromatic carbocycles. The summed E-state index contributed by atoms with van der Waals surface area (Å²) < 4.78 is 2.07. The Morgan fingerprint density at radius 2 is 2.18 bits per heavy atom. The quantitative estimate of drug-likeness (QED) is 0.829. The lowest BCUT2D eigenvalue weighted by Crippen LogP contribution is -2.42. The van der Waals surface area contributed by atoms with Gasteiger partial charge >= 0.3 is 0 Å². The summed E-state index contributed by atoms with van der Waals surface area (Å²) in [5.41, 5.74) is 7.13. The maximum Gasteiger partial charge on any atom is 0.138 e. The van der Waals surface area contributed by atoms with E-state index in [0.717, 1.165) is 24.3 Å². The third kappa shape index (κ3) is 2.00. The van der Waals surface area contributed by atoms with Gasteiger partial charge in [0.2, 0.25) is 0 Å². The van der Waals surface area contributed by atoms with Crippen LogP contribution in [-0.4, -0.2) is 21.5 Å². The molecular weight excluding hydrogens is 212 g/mol. The molecular formula is C13H18N4. The van der Waals surface area contributed by atoms with Crippen LogP contribution in [0.1, 0.15) is 25.7 Å². The van der Waals surface area contributed by atoms with E-state index < -0.39 is 0 Å². The maximum atomic E-state index is 6.16. The lowest BCUT2D eigenvalue weighted by molar-refractivity contribution is 0.403. The topological polar surface area (TPSA) is 55.3 Å². The summed E-state index contributed by atoms with van der Waals surface area (Å²) in [4.78, 5) is 4.28. The Kier molecular flexibility index (Phi) is 2.73. The number of nitrogens with zero attached hydrogens (tertiary/aromatic N) is 2.